The number of nitrogens with zero attached hydrogens (tertiary/aromatic N) is 2. The van der Waals surface area contributed by atoms with Crippen molar-refractivity contribution in [1.29, 1.82) is 0 Å². The Bertz CT molecular complexity index is 839. The number of hydrogen-bond acceptors (Lipinski definition) is 6. The van der Waals surface area contributed by atoms with E-state index in [-0.39, 0.29) is 17.9 Å². The minimum absolute atomic E-state index is 0.0284. The summed E-state index contributed by atoms with van der Waals surface area (Å²) in [6.07, 6.45) is 1.23. The molecule has 2 aromatic carbocycles. The minimum atomic E-state index is -0.531. The molecule has 8 nitrogen and oxygen atoms in total. The van der Waals surface area contributed by atoms with Crippen LogP contribution in [0.4, 0.5) is 5.69 Å². The van der Waals surface area contributed by atoms with Crippen LogP contribution >= 0.6 is 22.6 Å². The Balaban J connectivity index is 2.04. The third-order valence-electron chi connectivity index (χ3n) is 3.21. The predicted octanol–water partition coefficient (Wildman–Crippen LogP) is 2.61. The van der Waals surface area contributed by atoms with Gasteiger partial charge < -0.3 is 9.84 Å². The van der Waals surface area contributed by atoms with Crippen molar-refractivity contribution < 1.29 is 19.6 Å². The number of nitro benzene ring substituents is 1. The molecule has 0 fully saturated rings. The van der Waals surface area contributed by atoms with E-state index < -0.39 is 10.8 Å². The fourth-order valence-corrected chi connectivity index (χ4v) is 2.68. The van der Waals surface area contributed by atoms with Gasteiger partial charge in [0, 0.05) is 11.6 Å². The zero-order valence-electron chi connectivity index (χ0n) is 13.1. The molecule has 0 aliphatic carbocycles. The highest BCUT2D eigenvalue weighted by Gasteiger charge is 2.15. The lowest BCUT2D eigenvalue weighted by Gasteiger charge is -2.06. The van der Waals surface area contributed by atoms with Crippen molar-refractivity contribution in [3.8, 4) is 11.5 Å². The van der Waals surface area contributed by atoms with Gasteiger partial charge in [-0.25, -0.2) is 5.43 Å². The van der Waals surface area contributed by atoms with Gasteiger partial charge in [-0.1, -0.05) is 18.2 Å². The van der Waals surface area contributed by atoms with E-state index in [0.717, 1.165) is 0 Å². The molecular formula is C16H14IN3O5. The van der Waals surface area contributed by atoms with Crippen LogP contribution in [0.5, 0.6) is 11.5 Å². The molecule has 25 heavy (non-hydrogen) atoms. The number of aromatic hydroxyl groups is 1. The van der Waals surface area contributed by atoms with Crippen LogP contribution in [0.15, 0.2) is 41.5 Å². The zero-order chi connectivity index (χ0) is 18.4. The molecule has 9 heteroatoms. The van der Waals surface area contributed by atoms with E-state index in [4.69, 9.17) is 4.74 Å². The molecule has 0 heterocycles. The first-order valence-electron chi connectivity index (χ1n) is 7.03. The third kappa shape index (κ3) is 4.89. The summed E-state index contributed by atoms with van der Waals surface area (Å²) in [5.74, 6) is -0.161. The van der Waals surface area contributed by atoms with Gasteiger partial charge in [-0.2, -0.15) is 5.10 Å². The quantitative estimate of drug-likeness (QED) is 0.301. The smallest absolute Gasteiger partial charge is 0.273 e. The molecular weight excluding hydrogens is 441 g/mol. The van der Waals surface area contributed by atoms with Crippen molar-refractivity contribution in [2.45, 2.75) is 6.42 Å². The summed E-state index contributed by atoms with van der Waals surface area (Å²) >= 11 is 1.95. The number of ether oxygens (including phenoxy) is 1. The summed E-state index contributed by atoms with van der Waals surface area (Å²) in [6.45, 7) is 0. The van der Waals surface area contributed by atoms with E-state index in [1.165, 1.54) is 31.5 Å². The molecule has 0 saturated heterocycles. The summed E-state index contributed by atoms with van der Waals surface area (Å²) in [7, 11) is 1.43. The van der Waals surface area contributed by atoms with Gasteiger partial charge in [-0.3, -0.25) is 14.9 Å². The number of hydrazone groups is 1. The SMILES string of the molecule is COc1cc(C=NNC(=O)Cc2ccccc2[N+](=O)[O-])cc(I)c1O. The molecule has 0 spiro atoms. The predicted molar refractivity (Wildman–Crippen MR) is 99.9 cm³/mol. The van der Waals surface area contributed by atoms with Crippen LogP contribution < -0.4 is 10.2 Å². The van der Waals surface area contributed by atoms with Crippen LogP contribution in [0.1, 0.15) is 11.1 Å². The number of phenols is 1. The highest BCUT2D eigenvalue weighted by atomic mass is 127. The number of halogens is 1. The molecule has 2 rings (SSSR count). The Morgan fingerprint density at radius 3 is 2.84 bits per heavy atom. The number of carbonyl (C=O) groups is 1. The van der Waals surface area contributed by atoms with Crippen molar-refractivity contribution in [1.82, 2.24) is 5.43 Å². The lowest BCUT2D eigenvalue weighted by atomic mass is 10.1. The van der Waals surface area contributed by atoms with E-state index in [1.54, 1.807) is 18.2 Å². The van der Waals surface area contributed by atoms with Crippen molar-refractivity contribution in [2.24, 2.45) is 5.10 Å². The summed E-state index contributed by atoms with van der Waals surface area (Å²) in [5.41, 5.74) is 3.13. The molecule has 0 unspecified atom stereocenters. The van der Waals surface area contributed by atoms with Gasteiger partial charge >= 0.3 is 0 Å². The first-order chi connectivity index (χ1) is 11.9. The first kappa shape index (κ1) is 18.6. The van der Waals surface area contributed by atoms with Gasteiger partial charge in [0.05, 0.1) is 28.2 Å². The average molecular weight is 455 g/mol. The van der Waals surface area contributed by atoms with Gasteiger partial charge in [0.2, 0.25) is 5.91 Å². The Morgan fingerprint density at radius 2 is 2.16 bits per heavy atom. The Morgan fingerprint density at radius 1 is 1.44 bits per heavy atom. The number of para-hydroxylation sites is 1. The van der Waals surface area contributed by atoms with E-state index in [1.807, 2.05) is 22.6 Å². The Hall–Kier alpha value is -2.69. The number of nitrogens with one attached hydrogen (secondary N) is 1. The maximum atomic E-state index is 11.9. The van der Waals surface area contributed by atoms with Crippen molar-refractivity contribution >= 4 is 40.4 Å². The molecule has 2 N–H and O–H groups in total. The monoisotopic (exact) mass is 455 g/mol. The molecule has 0 aliphatic heterocycles. The number of hydrogen-bond donors (Lipinski definition) is 2. The molecule has 130 valence electrons. The zero-order valence-corrected chi connectivity index (χ0v) is 15.3. The summed E-state index contributed by atoms with van der Waals surface area (Å²) in [6, 6.07) is 9.26. The van der Waals surface area contributed by atoms with E-state index >= 15 is 0 Å². The molecule has 0 bridgehead atoms. The lowest BCUT2D eigenvalue weighted by molar-refractivity contribution is -0.385. The van der Waals surface area contributed by atoms with Crippen LogP contribution in [0.3, 0.4) is 0 Å². The van der Waals surface area contributed by atoms with Crippen LogP contribution in [0.25, 0.3) is 0 Å². The second-order valence-electron chi connectivity index (χ2n) is 4.91. The van der Waals surface area contributed by atoms with E-state index in [0.29, 0.717) is 20.4 Å². The third-order valence-corrected chi connectivity index (χ3v) is 4.04. The largest absolute Gasteiger partial charge is 0.504 e. The molecule has 0 radical (unpaired) electrons. The van der Waals surface area contributed by atoms with Crippen LogP contribution in [-0.2, 0) is 11.2 Å². The number of benzene rings is 2. The molecule has 0 atom stereocenters. The van der Waals surface area contributed by atoms with Crippen LogP contribution in [0, 0.1) is 13.7 Å². The second kappa shape index (κ2) is 8.42. The fourth-order valence-electron chi connectivity index (χ4n) is 2.05. The summed E-state index contributed by atoms with van der Waals surface area (Å²) < 4.78 is 5.61. The summed E-state index contributed by atoms with van der Waals surface area (Å²) in [5, 5.41) is 24.5. The maximum absolute atomic E-state index is 11.9. The molecule has 0 saturated carbocycles. The van der Waals surface area contributed by atoms with Crippen molar-refractivity contribution in [3.63, 3.8) is 0 Å². The van der Waals surface area contributed by atoms with Crippen LogP contribution in [-0.4, -0.2) is 29.3 Å². The van der Waals surface area contributed by atoms with Gasteiger partial charge in [-0.15, -0.1) is 0 Å². The Labute approximate surface area is 156 Å². The number of amides is 1. The average Bonchev–Trinajstić information content (AvgIpc) is 2.58. The number of nitro groups is 1. The highest BCUT2D eigenvalue weighted by Crippen LogP contribution is 2.31. The first-order valence-corrected chi connectivity index (χ1v) is 8.11. The molecule has 0 aliphatic rings. The molecule has 2 aromatic rings. The molecule has 1 amide bonds. The van der Waals surface area contributed by atoms with Gasteiger partial charge in [0.25, 0.3) is 5.69 Å². The van der Waals surface area contributed by atoms with E-state index in [9.17, 15) is 20.0 Å². The highest BCUT2D eigenvalue weighted by molar-refractivity contribution is 14.1. The minimum Gasteiger partial charge on any atom is -0.504 e. The summed E-state index contributed by atoms with van der Waals surface area (Å²) in [4.78, 5) is 22.3. The number of carbonyl (C=O) groups excluding carboxylic acids is 1. The van der Waals surface area contributed by atoms with Crippen LogP contribution in [0.2, 0.25) is 0 Å². The van der Waals surface area contributed by atoms with Crippen molar-refractivity contribution in [2.75, 3.05) is 7.11 Å². The maximum Gasteiger partial charge on any atom is 0.273 e. The lowest BCUT2D eigenvalue weighted by Crippen LogP contribution is -2.20. The fraction of sp³-hybridized carbons (Fsp3) is 0.125. The van der Waals surface area contributed by atoms with E-state index in [2.05, 4.69) is 10.5 Å². The normalized spacial score (nSPS) is 10.6. The topological polar surface area (TPSA) is 114 Å². The molecule has 0 aromatic heterocycles. The number of rotatable bonds is 6. The number of phenolic OH excluding ortho intramolecular Hbond substituents is 1. The van der Waals surface area contributed by atoms with Gasteiger partial charge in [-0.05, 0) is 40.3 Å². The van der Waals surface area contributed by atoms with Gasteiger partial charge in [0.15, 0.2) is 11.5 Å². The van der Waals surface area contributed by atoms with Crippen molar-refractivity contribution in [3.05, 3.63) is 61.2 Å². The second-order valence-corrected chi connectivity index (χ2v) is 6.07. The van der Waals surface area contributed by atoms with Gasteiger partial charge in [0.1, 0.15) is 0 Å². The Kier molecular flexibility index (Phi) is 6.28. The number of methoxy groups -OCH3 is 1. The standard InChI is InChI=1S/C16H14IN3O5/c1-25-14-7-10(6-12(17)16(14)22)9-18-19-15(21)8-11-4-2-3-5-13(11)20(23)24/h2-7,9,22H,8H2,1H3,(H,19,21).